The van der Waals surface area contributed by atoms with Crippen molar-refractivity contribution in [2.75, 3.05) is 7.11 Å². The van der Waals surface area contributed by atoms with Crippen LogP contribution >= 0.6 is 23.4 Å². The third-order valence-corrected chi connectivity index (χ3v) is 6.37. The minimum absolute atomic E-state index is 0.0268. The summed E-state index contributed by atoms with van der Waals surface area (Å²) >= 11 is 7.52. The van der Waals surface area contributed by atoms with Crippen LogP contribution in [0.2, 0.25) is 5.02 Å². The fourth-order valence-electron chi connectivity index (χ4n) is 3.35. The van der Waals surface area contributed by atoms with Crippen molar-refractivity contribution in [3.05, 3.63) is 53.1 Å². The summed E-state index contributed by atoms with van der Waals surface area (Å²) in [6.45, 7) is 6.11. The lowest BCUT2D eigenvalue weighted by Gasteiger charge is -2.38. The third-order valence-electron chi connectivity index (χ3n) is 4.75. The Morgan fingerprint density at radius 2 is 2.04 bits per heavy atom. The van der Waals surface area contributed by atoms with Crippen LogP contribution in [0.15, 0.2) is 47.4 Å². The lowest BCUT2D eigenvalue weighted by Crippen LogP contribution is -2.43. The molecule has 150 valence electrons. The summed E-state index contributed by atoms with van der Waals surface area (Å²) in [6, 6.07) is 13.2. The minimum Gasteiger partial charge on any atom is -0.497 e. The number of rotatable bonds is 6. The van der Waals surface area contributed by atoms with Gasteiger partial charge in [-0.3, -0.25) is 4.79 Å². The van der Waals surface area contributed by atoms with E-state index in [-0.39, 0.29) is 22.8 Å². The molecule has 3 rings (SSSR count). The Kier molecular flexibility index (Phi) is 6.46. The van der Waals surface area contributed by atoms with Gasteiger partial charge in [-0.25, -0.2) is 0 Å². The number of hydrogen-bond acceptors (Lipinski definition) is 4. The first kappa shape index (κ1) is 20.9. The van der Waals surface area contributed by atoms with Crippen molar-refractivity contribution in [1.82, 2.24) is 5.32 Å². The molecule has 2 atom stereocenters. The molecule has 0 aliphatic carbocycles. The number of amides is 1. The molecule has 4 nitrogen and oxygen atoms in total. The highest BCUT2D eigenvalue weighted by molar-refractivity contribution is 8.00. The normalized spacial score (nSPS) is 18.5. The van der Waals surface area contributed by atoms with Crippen molar-refractivity contribution in [1.29, 1.82) is 0 Å². The summed E-state index contributed by atoms with van der Waals surface area (Å²) in [5.74, 6) is 1.57. The van der Waals surface area contributed by atoms with Crippen LogP contribution < -0.4 is 14.8 Å². The van der Waals surface area contributed by atoms with Gasteiger partial charge in [-0.2, -0.15) is 0 Å². The van der Waals surface area contributed by atoms with Crippen molar-refractivity contribution in [2.24, 2.45) is 0 Å². The van der Waals surface area contributed by atoms with Gasteiger partial charge in [-0.1, -0.05) is 18.5 Å². The van der Waals surface area contributed by atoms with E-state index in [1.54, 1.807) is 18.9 Å². The molecule has 0 bridgehead atoms. The maximum Gasteiger partial charge on any atom is 0.233 e. The average Bonchev–Trinajstić information content (AvgIpc) is 2.66. The van der Waals surface area contributed by atoms with Crippen molar-refractivity contribution in [3.8, 4) is 11.5 Å². The Hall–Kier alpha value is -1.85. The van der Waals surface area contributed by atoms with E-state index in [2.05, 4.69) is 5.32 Å². The van der Waals surface area contributed by atoms with Crippen LogP contribution in [0.4, 0.5) is 0 Å². The number of methoxy groups -OCH3 is 1. The van der Waals surface area contributed by atoms with Crippen molar-refractivity contribution in [2.45, 2.75) is 55.4 Å². The SMILES string of the molecule is CC[C@H](Sc1ccc(Cl)cc1)C(=O)N[C@H]1CC(C)(C)Oc2ccc(OC)cc21. The molecular formula is C22H26ClNO3S. The predicted molar refractivity (Wildman–Crippen MR) is 115 cm³/mol. The van der Waals surface area contributed by atoms with Crippen LogP contribution in [0.5, 0.6) is 11.5 Å². The third kappa shape index (κ3) is 4.95. The molecule has 0 saturated heterocycles. The number of halogens is 1. The van der Waals surface area contributed by atoms with Crippen LogP contribution in [0, 0.1) is 0 Å². The highest BCUT2D eigenvalue weighted by atomic mass is 35.5. The van der Waals surface area contributed by atoms with Gasteiger partial charge in [0.15, 0.2) is 0 Å². The number of carbonyl (C=O) groups is 1. The van der Waals surface area contributed by atoms with Gasteiger partial charge in [0.2, 0.25) is 5.91 Å². The molecule has 0 fully saturated rings. The van der Waals surface area contributed by atoms with E-state index >= 15 is 0 Å². The molecule has 0 spiro atoms. The summed E-state index contributed by atoms with van der Waals surface area (Å²) in [5.41, 5.74) is 0.600. The van der Waals surface area contributed by atoms with Crippen LogP contribution in [0.1, 0.15) is 45.2 Å². The van der Waals surface area contributed by atoms with Crippen molar-refractivity contribution in [3.63, 3.8) is 0 Å². The summed E-state index contributed by atoms with van der Waals surface area (Å²) in [5, 5.41) is 3.76. The van der Waals surface area contributed by atoms with Gasteiger partial charge in [-0.15, -0.1) is 11.8 Å². The molecule has 1 N–H and O–H groups in total. The molecule has 28 heavy (non-hydrogen) atoms. The van der Waals surface area contributed by atoms with Gasteiger partial charge < -0.3 is 14.8 Å². The summed E-state index contributed by atoms with van der Waals surface area (Å²) < 4.78 is 11.5. The molecular weight excluding hydrogens is 394 g/mol. The highest BCUT2D eigenvalue weighted by Crippen LogP contribution is 2.41. The average molecular weight is 420 g/mol. The Bertz CT molecular complexity index is 838. The van der Waals surface area contributed by atoms with E-state index in [1.807, 2.05) is 63.2 Å². The van der Waals surface area contributed by atoms with Gasteiger partial charge in [0.05, 0.1) is 18.4 Å². The fourth-order valence-corrected chi connectivity index (χ4v) is 4.44. The Labute approximate surface area is 175 Å². The Morgan fingerprint density at radius 3 is 2.68 bits per heavy atom. The molecule has 0 unspecified atom stereocenters. The van der Waals surface area contributed by atoms with Crippen LogP contribution in [0.3, 0.4) is 0 Å². The maximum absolute atomic E-state index is 13.1. The number of thioether (sulfide) groups is 1. The number of hydrogen-bond donors (Lipinski definition) is 1. The van der Waals surface area contributed by atoms with Crippen molar-refractivity contribution < 1.29 is 14.3 Å². The molecule has 0 saturated carbocycles. The van der Waals surface area contributed by atoms with Crippen molar-refractivity contribution >= 4 is 29.3 Å². The number of fused-ring (bicyclic) bond motifs is 1. The van der Waals surface area contributed by atoms with E-state index < -0.39 is 0 Å². The highest BCUT2D eigenvalue weighted by Gasteiger charge is 2.35. The minimum atomic E-state index is -0.357. The second kappa shape index (κ2) is 8.66. The zero-order valence-electron chi connectivity index (χ0n) is 16.6. The standard InChI is InChI=1S/C22H26ClNO3S/c1-5-20(28-16-9-6-14(23)7-10-16)21(25)24-18-13-22(2,3)27-19-11-8-15(26-4)12-17(18)19/h6-12,18,20H,5,13H2,1-4H3,(H,24,25)/t18-,20-/m0/s1. The van der Waals surface area contributed by atoms with Gasteiger partial charge in [0.1, 0.15) is 17.1 Å². The van der Waals surface area contributed by atoms with Gasteiger partial charge in [-0.05, 0) is 62.7 Å². The first-order chi connectivity index (χ1) is 13.3. The van der Waals surface area contributed by atoms with E-state index in [1.165, 1.54) is 0 Å². The van der Waals surface area contributed by atoms with Gasteiger partial charge in [0.25, 0.3) is 0 Å². The lowest BCUT2D eigenvalue weighted by molar-refractivity contribution is -0.121. The fraction of sp³-hybridized carbons (Fsp3) is 0.409. The van der Waals surface area contributed by atoms with Crippen LogP contribution in [-0.4, -0.2) is 23.9 Å². The first-order valence-electron chi connectivity index (χ1n) is 9.41. The zero-order valence-corrected chi connectivity index (χ0v) is 18.2. The monoisotopic (exact) mass is 419 g/mol. The number of benzene rings is 2. The van der Waals surface area contributed by atoms with E-state index in [0.717, 1.165) is 28.4 Å². The molecule has 1 aliphatic rings. The summed E-state index contributed by atoms with van der Waals surface area (Å²) in [4.78, 5) is 14.1. The zero-order chi connectivity index (χ0) is 20.3. The maximum atomic E-state index is 13.1. The van der Waals surface area contributed by atoms with Gasteiger partial charge in [0, 0.05) is 21.9 Å². The smallest absolute Gasteiger partial charge is 0.233 e. The quantitative estimate of drug-likeness (QED) is 0.615. The molecule has 1 amide bonds. The second-order valence-corrected chi connectivity index (χ2v) is 9.21. The molecule has 1 aliphatic heterocycles. The Balaban J connectivity index is 1.79. The lowest BCUT2D eigenvalue weighted by atomic mass is 9.89. The van der Waals surface area contributed by atoms with E-state index in [9.17, 15) is 4.79 Å². The van der Waals surface area contributed by atoms with Crippen LogP contribution in [-0.2, 0) is 4.79 Å². The largest absolute Gasteiger partial charge is 0.497 e. The summed E-state index contributed by atoms with van der Waals surface area (Å²) in [6.07, 6.45) is 1.43. The number of ether oxygens (including phenoxy) is 2. The molecule has 1 heterocycles. The molecule has 6 heteroatoms. The number of nitrogens with one attached hydrogen (secondary N) is 1. The van der Waals surface area contributed by atoms with Crippen LogP contribution in [0.25, 0.3) is 0 Å². The second-order valence-electron chi connectivity index (χ2n) is 7.50. The Morgan fingerprint density at radius 1 is 1.32 bits per heavy atom. The van der Waals surface area contributed by atoms with Gasteiger partial charge >= 0.3 is 0 Å². The molecule has 0 aromatic heterocycles. The first-order valence-corrected chi connectivity index (χ1v) is 10.7. The van der Waals surface area contributed by atoms with E-state index in [0.29, 0.717) is 11.4 Å². The molecule has 2 aromatic carbocycles. The predicted octanol–water partition coefficient (Wildman–Crippen LogP) is 5.64. The number of carbonyl (C=O) groups excluding carboxylic acids is 1. The molecule has 0 radical (unpaired) electrons. The summed E-state index contributed by atoms with van der Waals surface area (Å²) in [7, 11) is 1.64. The van der Waals surface area contributed by atoms with E-state index in [4.69, 9.17) is 21.1 Å². The molecule has 2 aromatic rings. The topological polar surface area (TPSA) is 47.6 Å².